The van der Waals surface area contributed by atoms with E-state index in [4.69, 9.17) is 0 Å². The van der Waals surface area contributed by atoms with E-state index >= 15 is 0 Å². The molecule has 0 aliphatic carbocycles. The van der Waals surface area contributed by atoms with Crippen molar-refractivity contribution >= 4 is 29.3 Å². The molecular formula is C8H10O2S2. The molecule has 0 bridgehead atoms. The lowest BCUT2D eigenvalue weighted by Gasteiger charge is -2.27. The van der Waals surface area contributed by atoms with Crippen LogP contribution in [0.5, 0.6) is 0 Å². The van der Waals surface area contributed by atoms with Gasteiger partial charge in [-0.25, -0.2) is 0 Å². The Hall–Kier alpha value is -0.0900. The van der Waals surface area contributed by atoms with Crippen LogP contribution in [0.1, 0.15) is 12.8 Å². The highest BCUT2D eigenvalue weighted by molar-refractivity contribution is 8.17. The molecule has 0 aromatic carbocycles. The molecule has 12 heavy (non-hydrogen) atoms. The second-order valence-corrected chi connectivity index (χ2v) is 5.58. The van der Waals surface area contributed by atoms with Gasteiger partial charge in [0.05, 0.1) is 10.2 Å². The van der Waals surface area contributed by atoms with Gasteiger partial charge in [0.1, 0.15) is 5.76 Å². The number of aliphatic hydroxyl groups is 1. The zero-order valence-electron chi connectivity index (χ0n) is 6.58. The molecule has 4 heteroatoms. The van der Waals surface area contributed by atoms with Gasteiger partial charge in [0.2, 0.25) is 0 Å². The summed E-state index contributed by atoms with van der Waals surface area (Å²) in [5.74, 6) is 2.35. The van der Waals surface area contributed by atoms with Gasteiger partial charge in [0, 0.05) is 24.3 Å². The molecule has 1 saturated heterocycles. The number of rotatable bonds is 0. The number of fused-ring (bicyclic) bond motifs is 1. The van der Waals surface area contributed by atoms with Crippen LogP contribution in [0.3, 0.4) is 0 Å². The lowest BCUT2D eigenvalue weighted by molar-refractivity contribution is -0.115. The highest BCUT2D eigenvalue weighted by atomic mass is 32.2. The van der Waals surface area contributed by atoms with Crippen LogP contribution in [0.25, 0.3) is 0 Å². The van der Waals surface area contributed by atoms with E-state index in [1.165, 1.54) is 0 Å². The summed E-state index contributed by atoms with van der Waals surface area (Å²) in [5.41, 5.74) is 0.697. The van der Waals surface area contributed by atoms with Gasteiger partial charge in [-0.1, -0.05) is 0 Å². The van der Waals surface area contributed by atoms with E-state index in [1.54, 1.807) is 23.5 Å². The predicted octanol–water partition coefficient (Wildman–Crippen LogP) is 1.97. The van der Waals surface area contributed by atoms with Crippen molar-refractivity contribution in [2.45, 2.75) is 17.4 Å². The Morgan fingerprint density at radius 3 is 2.58 bits per heavy atom. The number of hydrogen-bond acceptors (Lipinski definition) is 4. The first kappa shape index (κ1) is 8.51. The van der Waals surface area contributed by atoms with Crippen LogP contribution in [0.2, 0.25) is 0 Å². The molecule has 66 valence electrons. The number of thioether (sulfide) groups is 2. The number of carbonyl (C=O) groups is 1. The van der Waals surface area contributed by atoms with Crippen molar-refractivity contribution in [2.24, 2.45) is 0 Å². The molecule has 0 amide bonds. The molecule has 1 atom stereocenters. The summed E-state index contributed by atoms with van der Waals surface area (Å²) >= 11 is 3.56. The molecule has 2 aliphatic rings. The number of Topliss-reactive ketones (excluding diaryl/α,β-unsaturated/α-hetero) is 1. The first-order valence-electron chi connectivity index (χ1n) is 3.97. The Labute approximate surface area is 79.8 Å². The molecule has 0 aromatic rings. The van der Waals surface area contributed by atoms with Gasteiger partial charge in [-0.05, 0) is 0 Å². The second kappa shape index (κ2) is 3.34. The topological polar surface area (TPSA) is 37.3 Å². The lowest BCUT2D eigenvalue weighted by atomic mass is 10.1. The summed E-state index contributed by atoms with van der Waals surface area (Å²) in [5, 5.41) is 9.51. The van der Waals surface area contributed by atoms with Gasteiger partial charge in [0.15, 0.2) is 5.78 Å². The molecule has 0 spiro atoms. The summed E-state index contributed by atoms with van der Waals surface area (Å²) in [6.45, 7) is 0. The number of allylic oxidation sites excluding steroid dienone is 1. The minimum Gasteiger partial charge on any atom is -0.512 e. The van der Waals surface area contributed by atoms with E-state index in [1.807, 2.05) is 0 Å². The van der Waals surface area contributed by atoms with Crippen molar-refractivity contribution in [1.29, 1.82) is 0 Å². The van der Waals surface area contributed by atoms with Crippen LogP contribution in [0.4, 0.5) is 0 Å². The van der Waals surface area contributed by atoms with E-state index in [-0.39, 0.29) is 10.4 Å². The maximum Gasteiger partial charge on any atom is 0.165 e. The van der Waals surface area contributed by atoms with Crippen LogP contribution in [0, 0.1) is 0 Å². The van der Waals surface area contributed by atoms with Crippen molar-refractivity contribution in [1.82, 2.24) is 0 Å². The fourth-order valence-electron chi connectivity index (χ4n) is 1.43. The van der Waals surface area contributed by atoms with Crippen LogP contribution >= 0.6 is 23.5 Å². The van der Waals surface area contributed by atoms with Crippen molar-refractivity contribution < 1.29 is 9.90 Å². The fourth-order valence-corrected chi connectivity index (χ4v) is 4.31. The minimum absolute atomic E-state index is 0.156. The van der Waals surface area contributed by atoms with E-state index in [0.717, 1.165) is 11.5 Å². The number of ketones is 1. The Balaban J connectivity index is 2.32. The predicted molar refractivity (Wildman–Crippen MR) is 52.6 cm³/mol. The first-order valence-corrected chi connectivity index (χ1v) is 6.07. The monoisotopic (exact) mass is 202 g/mol. The van der Waals surface area contributed by atoms with Gasteiger partial charge < -0.3 is 5.11 Å². The molecular weight excluding hydrogens is 192 g/mol. The van der Waals surface area contributed by atoms with Crippen LogP contribution in [-0.2, 0) is 4.79 Å². The smallest absolute Gasteiger partial charge is 0.165 e. The summed E-state index contributed by atoms with van der Waals surface area (Å²) in [7, 11) is 0. The number of aliphatic hydroxyl groups excluding tert-OH is 1. The number of carbonyl (C=O) groups excluding carboxylic acids is 1. The SMILES string of the molecule is O=C1CCSC2SCCC(O)=C12. The van der Waals surface area contributed by atoms with Gasteiger partial charge in [-0.15, -0.1) is 23.5 Å². The second-order valence-electron chi connectivity index (χ2n) is 2.86. The lowest BCUT2D eigenvalue weighted by Crippen LogP contribution is -2.24. The van der Waals surface area contributed by atoms with Crippen LogP contribution < -0.4 is 0 Å². The first-order chi connectivity index (χ1) is 5.79. The third kappa shape index (κ3) is 1.38. The highest BCUT2D eigenvalue weighted by Crippen LogP contribution is 2.41. The van der Waals surface area contributed by atoms with Crippen LogP contribution in [-0.4, -0.2) is 27.0 Å². The third-order valence-electron chi connectivity index (χ3n) is 2.05. The van der Waals surface area contributed by atoms with E-state index in [2.05, 4.69) is 0 Å². The van der Waals surface area contributed by atoms with Gasteiger partial charge >= 0.3 is 0 Å². The molecule has 2 nitrogen and oxygen atoms in total. The molecule has 0 saturated carbocycles. The average Bonchev–Trinajstić information content (AvgIpc) is 2.04. The van der Waals surface area contributed by atoms with E-state index in [0.29, 0.717) is 24.2 Å². The van der Waals surface area contributed by atoms with Crippen molar-refractivity contribution in [3.8, 4) is 0 Å². The Morgan fingerprint density at radius 1 is 1.25 bits per heavy atom. The van der Waals surface area contributed by atoms with Crippen LogP contribution in [0.15, 0.2) is 11.3 Å². The maximum atomic E-state index is 11.4. The largest absolute Gasteiger partial charge is 0.512 e. The Morgan fingerprint density at radius 2 is 1.92 bits per heavy atom. The molecule has 0 aromatic heterocycles. The fraction of sp³-hybridized carbons (Fsp3) is 0.625. The standard InChI is InChI=1S/C8H10O2S2/c9-5-1-3-11-8-7(5)6(10)2-4-12-8/h8-9H,1-4H2. The van der Waals surface area contributed by atoms with E-state index in [9.17, 15) is 9.90 Å². The molecule has 0 radical (unpaired) electrons. The normalized spacial score (nSPS) is 30.3. The maximum absolute atomic E-state index is 11.4. The summed E-state index contributed by atoms with van der Waals surface area (Å²) in [6, 6.07) is 0. The van der Waals surface area contributed by atoms with Crippen molar-refractivity contribution in [2.75, 3.05) is 11.5 Å². The molecule has 2 aliphatic heterocycles. The van der Waals surface area contributed by atoms with Gasteiger partial charge in [-0.3, -0.25) is 4.79 Å². The van der Waals surface area contributed by atoms with Gasteiger partial charge in [-0.2, -0.15) is 0 Å². The zero-order chi connectivity index (χ0) is 8.55. The molecule has 1 unspecified atom stereocenters. The van der Waals surface area contributed by atoms with Crippen molar-refractivity contribution in [3.63, 3.8) is 0 Å². The minimum atomic E-state index is 0.156. The molecule has 2 heterocycles. The van der Waals surface area contributed by atoms with E-state index < -0.39 is 0 Å². The number of hydrogen-bond donors (Lipinski definition) is 1. The van der Waals surface area contributed by atoms with Gasteiger partial charge in [0.25, 0.3) is 0 Å². The summed E-state index contributed by atoms with van der Waals surface area (Å²) in [4.78, 5) is 11.4. The Bertz CT molecular complexity index is 247. The summed E-state index contributed by atoms with van der Waals surface area (Å²) < 4.78 is 0.222. The van der Waals surface area contributed by atoms with Crippen molar-refractivity contribution in [3.05, 3.63) is 11.3 Å². The summed E-state index contributed by atoms with van der Waals surface area (Å²) in [6.07, 6.45) is 1.27. The molecule has 1 fully saturated rings. The highest BCUT2D eigenvalue weighted by Gasteiger charge is 2.32. The molecule has 2 rings (SSSR count). The molecule has 1 N–H and O–H groups in total. The quantitative estimate of drug-likeness (QED) is 0.651. The Kier molecular flexibility index (Phi) is 2.37. The zero-order valence-corrected chi connectivity index (χ0v) is 8.21. The third-order valence-corrected chi connectivity index (χ3v) is 4.83. The average molecular weight is 202 g/mol.